The summed E-state index contributed by atoms with van der Waals surface area (Å²) in [6.07, 6.45) is 6.28. The zero-order chi connectivity index (χ0) is 16.9. The molecule has 0 bridgehead atoms. The highest BCUT2D eigenvalue weighted by molar-refractivity contribution is 5.91. The Labute approximate surface area is 141 Å². The highest BCUT2D eigenvalue weighted by Crippen LogP contribution is 2.37. The lowest BCUT2D eigenvalue weighted by Gasteiger charge is -2.14. The van der Waals surface area contributed by atoms with Crippen LogP contribution in [0, 0.1) is 0 Å². The Morgan fingerprint density at radius 2 is 2.38 bits per heavy atom. The summed E-state index contributed by atoms with van der Waals surface area (Å²) in [7, 11) is 0. The first-order chi connectivity index (χ1) is 11.7. The van der Waals surface area contributed by atoms with Crippen LogP contribution < -0.4 is 20.1 Å². The molecule has 1 aliphatic rings. The number of urea groups is 1. The quantitative estimate of drug-likeness (QED) is 0.853. The van der Waals surface area contributed by atoms with Gasteiger partial charge in [-0.05, 0) is 19.9 Å². The van der Waals surface area contributed by atoms with Crippen LogP contribution in [0.25, 0.3) is 0 Å². The highest BCUT2D eigenvalue weighted by Gasteiger charge is 2.22. The van der Waals surface area contributed by atoms with Crippen LogP contribution in [0.1, 0.15) is 19.4 Å². The predicted octanol–water partition coefficient (Wildman–Crippen LogP) is 2.43. The molecular formula is C17H22N4O3. The minimum absolute atomic E-state index is 0.147. The molecule has 0 saturated carbocycles. The molecule has 1 atom stereocenters. The Morgan fingerprint density at radius 3 is 3.12 bits per heavy atom. The van der Waals surface area contributed by atoms with Crippen molar-refractivity contribution in [3.63, 3.8) is 0 Å². The van der Waals surface area contributed by atoms with Crippen molar-refractivity contribution < 1.29 is 14.3 Å². The molecule has 7 heteroatoms. The smallest absolute Gasteiger partial charge is 0.319 e. The Bertz CT molecular complexity index is 700. The van der Waals surface area contributed by atoms with Crippen LogP contribution >= 0.6 is 0 Å². The fraction of sp³-hybridized carbons (Fsp3) is 0.412. The number of nitrogens with one attached hydrogen (secondary N) is 2. The molecule has 1 aromatic heterocycles. The topological polar surface area (TPSA) is 77.4 Å². The maximum Gasteiger partial charge on any atom is 0.319 e. The summed E-state index contributed by atoms with van der Waals surface area (Å²) in [4.78, 5) is 16.1. The van der Waals surface area contributed by atoms with E-state index in [0.717, 1.165) is 17.7 Å². The molecule has 0 spiro atoms. The van der Waals surface area contributed by atoms with Crippen LogP contribution in [0.5, 0.6) is 11.5 Å². The summed E-state index contributed by atoms with van der Waals surface area (Å²) in [6.45, 7) is 5.64. The third-order valence-electron chi connectivity index (χ3n) is 3.76. The van der Waals surface area contributed by atoms with E-state index in [9.17, 15) is 4.79 Å². The first kappa shape index (κ1) is 16.2. The number of hydrogen-bond acceptors (Lipinski definition) is 4. The van der Waals surface area contributed by atoms with Crippen molar-refractivity contribution in [1.82, 2.24) is 14.9 Å². The van der Waals surface area contributed by atoms with E-state index < -0.39 is 0 Å². The first-order valence-corrected chi connectivity index (χ1v) is 8.12. The average Bonchev–Trinajstić information content (AvgIpc) is 3.16. The Kier molecular flexibility index (Phi) is 4.88. The number of hydrogen-bond donors (Lipinski definition) is 2. The maximum absolute atomic E-state index is 12.1. The number of aromatic nitrogens is 2. The lowest BCUT2D eigenvalue weighted by Crippen LogP contribution is -2.31. The number of rotatable bonds is 6. The van der Waals surface area contributed by atoms with Gasteiger partial charge in [0.05, 0.1) is 18.6 Å². The van der Waals surface area contributed by atoms with Gasteiger partial charge >= 0.3 is 6.03 Å². The summed E-state index contributed by atoms with van der Waals surface area (Å²) < 4.78 is 13.3. The molecule has 2 heterocycles. The molecule has 24 heavy (non-hydrogen) atoms. The lowest BCUT2D eigenvalue weighted by atomic mass is 10.1. The number of anilines is 1. The van der Waals surface area contributed by atoms with E-state index in [4.69, 9.17) is 9.47 Å². The molecule has 2 N–H and O–H groups in total. The second-order valence-corrected chi connectivity index (χ2v) is 5.70. The number of carbonyl (C=O) groups is 1. The van der Waals surface area contributed by atoms with Crippen molar-refractivity contribution in [2.45, 2.75) is 32.9 Å². The minimum Gasteiger partial charge on any atom is -0.492 e. The Morgan fingerprint density at radius 1 is 1.50 bits per heavy atom. The summed E-state index contributed by atoms with van der Waals surface area (Å²) in [6, 6.07) is 3.50. The molecule has 1 aromatic carbocycles. The first-order valence-electron chi connectivity index (χ1n) is 8.12. The summed E-state index contributed by atoms with van der Waals surface area (Å²) in [5.41, 5.74) is 1.72. The maximum atomic E-state index is 12.1. The van der Waals surface area contributed by atoms with Gasteiger partial charge < -0.3 is 24.7 Å². The number of amides is 2. The van der Waals surface area contributed by atoms with E-state index >= 15 is 0 Å². The molecule has 128 valence electrons. The second-order valence-electron chi connectivity index (χ2n) is 5.70. The number of fused-ring (bicyclic) bond motifs is 1. The predicted molar refractivity (Wildman–Crippen MR) is 90.7 cm³/mol. The van der Waals surface area contributed by atoms with Crippen molar-refractivity contribution in [3.05, 3.63) is 36.4 Å². The number of imidazole rings is 1. The Hall–Kier alpha value is -2.70. The van der Waals surface area contributed by atoms with Gasteiger partial charge in [0.2, 0.25) is 0 Å². The SMILES string of the molecule is CCOc1cc2c(cc1NC(=O)NCCn1ccnc1)OC(C)C2. The standard InChI is InChI=1S/C17H22N4O3/c1-3-23-16-9-13-8-12(2)24-15(13)10-14(16)20-17(22)19-5-7-21-6-4-18-11-21/h4,6,9-12H,3,5,7-8H2,1-2H3,(H2,19,20,22). The van der Waals surface area contributed by atoms with Gasteiger partial charge in [0.25, 0.3) is 0 Å². The largest absolute Gasteiger partial charge is 0.492 e. The van der Waals surface area contributed by atoms with Gasteiger partial charge in [-0.2, -0.15) is 0 Å². The highest BCUT2D eigenvalue weighted by atomic mass is 16.5. The summed E-state index contributed by atoms with van der Waals surface area (Å²) in [5, 5.41) is 5.66. The van der Waals surface area contributed by atoms with Gasteiger partial charge in [0.15, 0.2) is 0 Å². The van der Waals surface area contributed by atoms with Gasteiger partial charge in [-0.15, -0.1) is 0 Å². The van der Waals surface area contributed by atoms with Gasteiger partial charge in [-0.25, -0.2) is 9.78 Å². The molecular weight excluding hydrogens is 308 g/mol. The molecule has 0 aliphatic carbocycles. The zero-order valence-electron chi connectivity index (χ0n) is 13.9. The number of nitrogens with zero attached hydrogens (tertiary/aromatic N) is 2. The van der Waals surface area contributed by atoms with Crippen LogP contribution in [0.4, 0.5) is 10.5 Å². The minimum atomic E-state index is -0.276. The second kappa shape index (κ2) is 7.25. The summed E-state index contributed by atoms with van der Waals surface area (Å²) in [5.74, 6) is 1.47. The molecule has 7 nitrogen and oxygen atoms in total. The normalized spacial score (nSPS) is 15.5. The van der Waals surface area contributed by atoms with E-state index in [-0.39, 0.29) is 12.1 Å². The molecule has 2 aromatic rings. The van der Waals surface area contributed by atoms with Crippen molar-refractivity contribution in [1.29, 1.82) is 0 Å². The molecule has 1 unspecified atom stereocenters. The number of benzene rings is 1. The zero-order valence-corrected chi connectivity index (χ0v) is 13.9. The monoisotopic (exact) mass is 330 g/mol. The van der Waals surface area contributed by atoms with Crippen LogP contribution in [-0.4, -0.2) is 34.8 Å². The van der Waals surface area contributed by atoms with Crippen molar-refractivity contribution in [2.75, 3.05) is 18.5 Å². The molecule has 3 rings (SSSR count). The average molecular weight is 330 g/mol. The van der Waals surface area contributed by atoms with E-state index in [2.05, 4.69) is 15.6 Å². The fourth-order valence-corrected chi connectivity index (χ4v) is 2.70. The van der Waals surface area contributed by atoms with Crippen LogP contribution in [-0.2, 0) is 13.0 Å². The Balaban J connectivity index is 1.62. The van der Waals surface area contributed by atoms with Gasteiger partial charge in [-0.3, -0.25) is 0 Å². The molecule has 0 saturated heterocycles. The van der Waals surface area contributed by atoms with E-state index in [0.29, 0.717) is 31.1 Å². The van der Waals surface area contributed by atoms with E-state index in [1.54, 1.807) is 12.5 Å². The number of ether oxygens (including phenoxy) is 2. The van der Waals surface area contributed by atoms with Crippen LogP contribution in [0.3, 0.4) is 0 Å². The van der Waals surface area contributed by atoms with Crippen molar-refractivity contribution in [2.24, 2.45) is 0 Å². The number of carbonyl (C=O) groups excluding carboxylic acids is 1. The third kappa shape index (κ3) is 3.79. The van der Waals surface area contributed by atoms with E-state index in [1.807, 2.05) is 36.7 Å². The fourth-order valence-electron chi connectivity index (χ4n) is 2.70. The van der Waals surface area contributed by atoms with Crippen molar-refractivity contribution >= 4 is 11.7 Å². The molecule has 0 fully saturated rings. The lowest BCUT2D eigenvalue weighted by molar-refractivity contribution is 0.251. The van der Waals surface area contributed by atoms with Gasteiger partial charge in [0, 0.05) is 43.5 Å². The molecule has 2 amide bonds. The third-order valence-corrected chi connectivity index (χ3v) is 3.76. The molecule has 1 aliphatic heterocycles. The summed E-state index contributed by atoms with van der Waals surface area (Å²) >= 11 is 0. The van der Waals surface area contributed by atoms with Crippen LogP contribution in [0.2, 0.25) is 0 Å². The van der Waals surface area contributed by atoms with Gasteiger partial charge in [-0.1, -0.05) is 0 Å². The van der Waals surface area contributed by atoms with Crippen LogP contribution in [0.15, 0.2) is 30.9 Å². The molecule has 0 radical (unpaired) electrons. The van der Waals surface area contributed by atoms with E-state index in [1.165, 1.54) is 0 Å². The van der Waals surface area contributed by atoms with Gasteiger partial charge in [0.1, 0.15) is 17.6 Å². The van der Waals surface area contributed by atoms with Crippen molar-refractivity contribution in [3.8, 4) is 11.5 Å².